The van der Waals surface area contributed by atoms with Gasteiger partial charge in [-0.2, -0.15) is 5.10 Å². The van der Waals surface area contributed by atoms with Crippen LogP contribution in [0.15, 0.2) is 6.07 Å². The minimum Gasteiger partial charge on any atom is -0.396 e. The largest absolute Gasteiger partial charge is 0.396 e. The number of nitrogens with two attached hydrogens (primary N) is 1. The van der Waals surface area contributed by atoms with Crippen molar-refractivity contribution in [3.05, 3.63) is 17.5 Å². The van der Waals surface area contributed by atoms with E-state index < -0.39 is 0 Å². The Bertz CT molecular complexity index is 340. The third kappa shape index (κ3) is 2.44. The second kappa shape index (κ2) is 4.97. The lowest BCUT2D eigenvalue weighted by molar-refractivity contribution is 0.0823. The van der Waals surface area contributed by atoms with Gasteiger partial charge in [-0.05, 0) is 25.3 Å². The molecule has 0 aliphatic rings. The normalized spacial score (nSPS) is 15.4. The van der Waals surface area contributed by atoms with Gasteiger partial charge in [0.2, 0.25) is 0 Å². The Morgan fingerprint density at radius 1 is 1.56 bits per heavy atom. The molecule has 1 rings (SSSR count). The van der Waals surface area contributed by atoms with Gasteiger partial charge in [0.05, 0.1) is 12.3 Å². The first-order valence-electron chi connectivity index (χ1n) is 5.75. The smallest absolute Gasteiger partial charge is 0.0596 e. The standard InChI is InChI=1S/C12H23N3O/c1-9(2)12(7-13,8-16)6-11-5-10(3)14-15(11)4/h5,9,16H,6-8,13H2,1-4H3. The number of aromatic nitrogens is 2. The van der Waals surface area contributed by atoms with Crippen LogP contribution in [-0.4, -0.2) is 28.0 Å². The van der Waals surface area contributed by atoms with E-state index in [1.54, 1.807) is 0 Å². The molecular weight excluding hydrogens is 202 g/mol. The van der Waals surface area contributed by atoms with Crippen molar-refractivity contribution in [3.63, 3.8) is 0 Å². The van der Waals surface area contributed by atoms with E-state index in [2.05, 4.69) is 25.0 Å². The molecule has 1 unspecified atom stereocenters. The second-order valence-electron chi connectivity index (χ2n) is 4.96. The summed E-state index contributed by atoms with van der Waals surface area (Å²) in [6, 6.07) is 2.06. The van der Waals surface area contributed by atoms with E-state index in [0.29, 0.717) is 12.5 Å². The zero-order chi connectivity index (χ0) is 12.3. The fourth-order valence-electron chi connectivity index (χ4n) is 2.01. The van der Waals surface area contributed by atoms with Gasteiger partial charge in [-0.1, -0.05) is 13.8 Å². The first kappa shape index (κ1) is 13.2. The molecule has 4 nitrogen and oxygen atoms in total. The van der Waals surface area contributed by atoms with Crippen LogP contribution in [0.25, 0.3) is 0 Å². The summed E-state index contributed by atoms with van der Waals surface area (Å²) in [4.78, 5) is 0. The van der Waals surface area contributed by atoms with Gasteiger partial charge in [-0.3, -0.25) is 4.68 Å². The fourth-order valence-corrected chi connectivity index (χ4v) is 2.01. The van der Waals surface area contributed by atoms with Crippen LogP contribution in [-0.2, 0) is 13.5 Å². The molecule has 16 heavy (non-hydrogen) atoms. The van der Waals surface area contributed by atoms with E-state index in [1.165, 1.54) is 0 Å². The van der Waals surface area contributed by atoms with Crippen molar-refractivity contribution in [2.45, 2.75) is 27.2 Å². The molecule has 1 atom stereocenters. The minimum absolute atomic E-state index is 0.116. The third-order valence-electron chi connectivity index (χ3n) is 3.58. The molecule has 0 aliphatic carbocycles. The Kier molecular flexibility index (Phi) is 4.10. The van der Waals surface area contributed by atoms with Crippen molar-refractivity contribution in [2.75, 3.05) is 13.2 Å². The average molecular weight is 225 g/mol. The highest BCUT2D eigenvalue weighted by Crippen LogP contribution is 2.30. The summed E-state index contributed by atoms with van der Waals surface area (Å²) in [5.74, 6) is 0.345. The molecule has 0 bridgehead atoms. The highest BCUT2D eigenvalue weighted by molar-refractivity contribution is 5.11. The number of rotatable bonds is 5. The molecule has 0 saturated carbocycles. The summed E-state index contributed by atoms with van der Waals surface area (Å²) in [6.45, 7) is 6.79. The maximum Gasteiger partial charge on any atom is 0.0596 e. The Labute approximate surface area is 97.5 Å². The predicted molar refractivity (Wildman–Crippen MR) is 65.1 cm³/mol. The van der Waals surface area contributed by atoms with E-state index in [4.69, 9.17) is 5.73 Å². The topological polar surface area (TPSA) is 64.1 Å². The fraction of sp³-hybridized carbons (Fsp3) is 0.750. The van der Waals surface area contributed by atoms with Crippen LogP contribution in [0.2, 0.25) is 0 Å². The van der Waals surface area contributed by atoms with Crippen molar-refractivity contribution >= 4 is 0 Å². The van der Waals surface area contributed by atoms with Crippen LogP contribution < -0.4 is 5.73 Å². The van der Waals surface area contributed by atoms with Crippen LogP contribution in [0, 0.1) is 18.3 Å². The molecule has 0 spiro atoms. The summed E-state index contributed by atoms with van der Waals surface area (Å²) in [5, 5.41) is 13.9. The molecule has 4 heteroatoms. The number of hydrogen-bond donors (Lipinski definition) is 2. The second-order valence-corrected chi connectivity index (χ2v) is 4.96. The summed E-state index contributed by atoms with van der Waals surface area (Å²) in [5.41, 5.74) is 7.73. The molecule has 3 N–H and O–H groups in total. The Morgan fingerprint density at radius 2 is 2.19 bits per heavy atom. The van der Waals surface area contributed by atoms with Gasteiger partial charge in [0.25, 0.3) is 0 Å². The first-order chi connectivity index (χ1) is 7.45. The van der Waals surface area contributed by atoms with Gasteiger partial charge in [0, 0.05) is 24.7 Å². The monoisotopic (exact) mass is 225 g/mol. The molecule has 0 amide bonds. The Morgan fingerprint density at radius 3 is 2.50 bits per heavy atom. The van der Waals surface area contributed by atoms with Crippen molar-refractivity contribution in [2.24, 2.45) is 24.1 Å². The minimum atomic E-state index is -0.236. The predicted octanol–water partition coefficient (Wildman–Crippen LogP) is 0.864. The maximum absolute atomic E-state index is 9.60. The van der Waals surface area contributed by atoms with Crippen molar-refractivity contribution in [1.82, 2.24) is 9.78 Å². The van der Waals surface area contributed by atoms with Gasteiger partial charge in [0.15, 0.2) is 0 Å². The quantitative estimate of drug-likeness (QED) is 0.781. The number of hydrogen-bond acceptors (Lipinski definition) is 3. The van der Waals surface area contributed by atoms with Crippen molar-refractivity contribution in [1.29, 1.82) is 0 Å². The van der Waals surface area contributed by atoms with Gasteiger partial charge in [-0.15, -0.1) is 0 Å². The van der Waals surface area contributed by atoms with E-state index in [0.717, 1.165) is 17.8 Å². The van der Waals surface area contributed by atoms with E-state index >= 15 is 0 Å². The Balaban J connectivity index is 2.95. The van der Waals surface area contributed by atoms with Gasteiger partial charge in [-0.25, -0.2) is 0 Å². The van der Waals surface area contributed by atoms with Gasteiger partial charge < -0.3 is 10.8 Å². The molecule has 0 radical (unpaired) electrons. The summed E-state index contributed by atoms with van der Waals surface area (Å²) in [7, 11) is 1.93. The lowest BCUT2D eigenvalue weighted by Crippen LogP contribution is -2.41. The summed E-state index contributed by atoms with van der Waals surface area (Å²) < 4.78 is 1.87. The first-order valence-corrected chi connectivity index (χ1v) is 5.75. The zero-order valence-electron chi connectivity index (χ0n) is 10.7. The molecule has 0 fully saturated rings. The molecule has 0 aromatic carbocycles. The molecule has 1 heterocycles. The summed E-state index contributed by atoms with van der Waals surface area (Å²) >= 11 is 0. The number of aliphatic hydroxyl groups is 1. The third-order valence-corrected chi connectivity index (χ3v) is 3.58. The molecule has 0 aliphatic heterocycles. The van der Waals surface area contributed by atoms with Crippen LogP contribution >= 0.6 is 0 Å². The van der Waals surface area contributed by atoms with Gasteiger partial charge >= 0.3 is 0 Å². The van der Waals surface area contributed by atoms with Crippen LogP contribution in [0.4, 0.5) is 0 Å². The maximum atomic E-state index is 9.60. The lowest BCUT2D eigenvalue weighted by atomic mass is 9.74. The number of aryl methyl sites for hydroxylation is 2. The molecule has 1 aromatic heterocycles. The molecule has 0 saturated heterocycles. The van der Waals surface area contributed by atoms with Crippen LogP contribution in [0.5, 0.6) is 0 Å². The highest BCUT2D eigenvalue weighted by Gasteiger charge is 2.33. The molecule has 1 aromatic rings. The summed E-state index contributed by atoms with van der Waals surface area (Å²) in [6.07, 6.45) is 0.773. The highest BCUT2D eigenvalue weighted by atomic mass is 16.3. The average Bonchev–Trinajstić information content (AvgIpc) is 2.53. The number of nitrogens with zero attached hydrogens (tertiary/aromatic N) is 2. The SMILES string of the molecule is Cc1cc(CC(CN)(CO)C(C)C)n(C)n1. The van der Waals surface area contributed by atoms with Crippen LogP contribution in [0.1, 0.15) is 25.2 Å². The van der Waals surface area contributed by atoms with Crippen LogP contribution in [0.3, 0.4) is 0 Å². The molecular formula is C12H23N3O. The lowest BCUT2D eigenvalue weighted by Gasteiger charge is -2.34. The zero-order valence-corrected chi connectivity index (χ0v) is 10.7. The van der Waals surface area contributed by atoms with Crippen molar-refractivity contribution < 1.29 is 5.11 Å². The van der Waals surface area contributed by atoms with E-state index in [9.17, 15) is 5.11 Å². The Hall–Kier alpha value is -0.870. The van der Waals surface area contributed by atoms with E-state index in [1.807, 2.05) is 18.7 Å². The van der Waals surface area contributed by atoms with Gasteiger partial charge in [0.1, 0.15) is 0 Å². The molecule has 92 valence electrons. The van der Waals surface area contributed by atoms with Crippen molar-refractivity contribution in [3.8, 4) is 0 Å². The number of aliphatic hydroxyl groups excluding tert-OH is 1. The van der Waals surface area contributed by atoms with E-state index in [-0.39, 0.29) is 12.0 Å².